The maximum atomic E-state index is 13.4. The van der Waals surface area contributed by atoms with Gasteiger partial charge >= 0.3 is 6.09 Å². The number of methoxy groups -OCH3 is 1. The van der Waals surface area contributed by atoms with Gasteiger partial charge in [0.15, 0.2) is 0 Å². The van der Waals surface area contributed by atoms with Gasteiger partial charge in [-0.2, -0.15) is 0 Å². The molecule has 2 rings (SSSR count). The smallest absolute Gasteiger partial charge is 0.408 e. The van der Waals surface area contributed by atoms with Crippen molar-refractivity contribution in [3.05, 3.63) is 65.7 Å². The van der Waals surface area contributed by atoms with Crippen LogP contribution in [0.1, 0.15) is 63.7 Å². The number of benzene rings is 2. The Balaban J connectivity index is 2.36. The highest BCUT2D eigenvalue weighted by Gasteiger charge is 2.33. The minimum atomic E-state index is -0.781. The molecule has 0 radical (unpaired) electrons. The van der Waals surface area contributed by atoms with Gasteiger partial charge in [-0.15, -0.1) is 0 Å². The second-order valence-electron chi connectivity index (χ2n) is 8.83. The van der Waals surface area contributed by atoms with Crippen LogP contribution < -0.4 is 15.4 Å². The molecule has 0 aliphatic heterocycles. The highest BCUT2D eigenvalue weighted by Crippen LogP contribution is 2.29. The van der Waals surface area contributed by atoms with Crippen molar-refractivity contribution in [3.8, 4) is 5.75 Å². The normalized spacial score (nSPS) is 13.8. The molecule has 0 aliphatic carbocycles. The molecule has 2 N–H and O–H groups in total. The predicted octanol–water partition coefficient (Wildman–Crippen LogP) is 4.73. The first-order valence-electron chi connectivity index (χ1n) is 11.1. The Morgan fingerprint density at radius 3 is 2.12 bits per heavy atom. The van der Waals surface area contributed by atoms with Gasteiger partial charge in [0.05, 0.1) is 19.1 Å². The first-order chi connectivity index (χ1) is 15.7. The zero-order valence-electron chi connectivity index (χ0n) is 20.0. The van der Waals surface area contributed by atoms with Crippen molar-refractivity contribution < 1.29 is 23.9 Å². The average molecular weight is 455 g/mol. The minimum absolute atomic E-state index is 0.324. The van der Waals surface area contributed by atoms with Crippen molar-refractivity contribution in [2.45, 2.75) is 58.2 Å². The highest BCUT2D eigenvalue weighted by molar-refractivity contribution is 5.84. The fraction of sp³-hybridized carbons (Fsp3) is 0.423. The summed E-state index contributed by atoms with van der Waals surface area (Å²) in [5, 5.41) is 5.71. The van der Waals surface area contributed by atoms with Crippen LogP contribution in [0.25, 0.3) is 0 Å². The summed E-state index contributed by atoms with van der Waals surface area (Å²) in [6.07, 6.45) is 1.29. The van der Waals surface area contributed by atoms with Gasteiger partial charge in [0.2, 0.25) is 5.91 Å². The number of carbonyl (C=O) groups is 3. The first-order valence-corrected chi connectivity index (χ1v) is 11.1. The standard InChI is InChI=1S/C26H34N2O5/c1-6-10-21(24(30)27-22(17-29)18-11-8-7-9-12-18)23(28-25(31)33-26(2,3)4)19-13-15-20(32-5)16-14-19/h7-9,11-17,21-23H,6,10H2,1-5H3,(H,27,30)(H,28,31)/t21-,22-,23+/m1/s1. The molecule has 0 saturated carbocycles. The van der Waals surface area contributed by atoms with Crippen LogP contribution in [0, 0.1) is 5.92 Å². The fourth-order valence-electron chi connectivity index (χ4n) is 3.54. The number of hydrogen-bond donors (Lipinski definition) is 2. The Labute approximate surface area is 195 Å². The van der Waals surface area contributed by atoms with Gasteiger partial charge in [0.25, 0.3) is 0 Å². The maximum absolute atomic E-state index is 13.4. The topological polar surface area (TPSA) is 93.7 Å². The summed E-state index contributed by atoms with van der Waals surface area (Å²) in [6, 6.07) is 14.8. The van der Waals surface area contributed by atoms with Crippen molar-refractivity contribution >= 4 is 18.3 Å². The largest absolute Gasteiger partial charge is 0.497 e. The van der Waals surface area contributed by atoms with Crippen molar-refractivity contribution in [2.75, 3.05) is 7.11 Å². The van der Waals surface area contributed by atoms with Crippen molar-refractivity contribution in [2.24, 2.45) is 5.92 Å². The lowest BCUT2D eigenvalue weighted by atomic mass is 9.88. The lowest BCUT2D eigenvalue weighted by molar-refractivity contribution is -0.128. The van der Waals surface area contributed by atoms with E-state index >= 15 is 0 Å². The Morgan fingerprint density at radius 2 is 1.61 bits per heavy atom. The van der Waals surface area contributed by atoms with Crippen LogP contribution in [0.15, 0.2) is 54.6 Å². The molecule has 0 spiro atoms. The summed E-state index contributed by atoms with van der Waals surface area (Å²) >= 11 is 0. The minimum Gasteiger partial charge on any atom is -0.497 e. The van der Waals surface area contributed by atoms with Gasteiger partial charge < -0.3 is 24.9 Å². The molecule has 0 aromatic heterocycles. The second kappa shape index (κ2) is 12.0. The number of alkyl carbamates (subject to hydrolysis) is 1. The van der Waals surface area contributed by atoms with E-state index in [2.05, 4.69) is 10.6 Å². The quantitative estimate of drug-likeness (QED) is 0.506. The lowest BCUT2D eigenvalue weighted by Crippen LogP contribution is -2.44. The van der Waals surface area contributed by atoms with E-state index in [1.165, 1.54) is 0 Å². The van der Waals surface area contributed by atoms with Gasteiger partial charge in [0.1, 0.15) is 23.7 Å². The van der Waals surface area contributed by atoms with Gasteiger partial charge in [0, 0.05) is 0 Å². The molecule has 7 heteroatoms. The molecular weight excluding hydrogens is 420 g/mol. The molecule has 0 bridgehead atoms. The summed E-state index contributed by atoms with van der Waals surface area (Å²) in [7, 11) is 1.57. The number of hydrogen-bond acceptors (Lipinski definition) is 5. The van der Waals surface area contributed by atoms with Gasteiger partial charge in [-0.25, -0.2) is 4.79 Å². The molecule has 2 aromatic carbocycles. The Bertz CT molecular complexity index is 907. The predicted molar refractivity (Wildman–Crippen MR) is 127 cm³/mol. The Morgan fingerprint density at radius 1 is 0.970 bits per heavy atom. The van der Waals surface area contributed by atoms with Gasteiger partial charge in [-0.05, 0) is 50.5 Å². The SMILES string of the molecule is CCC[C@@H](C(=O)N[C@H](C=O)c1ccccc1)[C@@H](NC(=O)OC(C)(C)C)c1ccc(OC)cc1. The van der Waals surface area contributed by atoms with E-state index in [9.17, 15) is 14.4 Å². The number of carbonyl (C=O) groups excluding carboxylic acids is 3. The van der Waals surface area contributed by atoms with Crippen LogP contribution in [0.2, 0.25) is 0 Å². The highest BCUT2D eigenvalue weighted by atomic mass is 16.6. The molecule has 0 unspecified atom stereocenters. The van der Waals surface area contributed by atoms with E-state index < -0.39 is 29.7 Å². The number of amides is 2. The number of aldehydes is 1. The zero-order chi connectivity index (χ0) is 24.4. The zero-order valence-corrected chi connectivity index (χ0v) is 20.0. The van der Waals surface area contributed by atoms with E-state index in [0.29, 0.717) is 30.4 Å². The van der Waals surface area contributed by atoms with Crippen LogP contribution in [0.5, 0.6) is 5.75 Å². The van der Waals surface area contributed by atoms with Crippen molar-refractivity contribution in [1.29, 1.82) is 0 Å². The summed E-state index contributed by atoms with van der Waals surface area (Å²) in [5.41, 5.74) is 0.738. The third-order valence-corrected chi connectivity index (χ3v) is 5.08. The molecule has 7 nitrogen and oxygen atoms in total. The van der Waals surface area contributed by atoms with Crippen LogP contribution in [-0.4, -0.2) is 31.0 Å². The van der Waals surface area contributed by atoms with E-state index in [1.54, 1.807) is 52.1 Å². The molecule has 33 heavy (non-hydrogen) atoms. The number of rotatable bonds is 10. The molecule has 178 valence electrons. The van der Waals surface area contributed by atoms with Crippen LogP contribution in [0.4, 0.5) is 4.79 Å². The average Bonchev–Trinajstić information content (AvgIpc) is 2.79. The van der Waals surface area contributed by atoms with Crippen LogP contribution in [0.3, 0.4) is 0 Å². The maximum Gasteiger partial charge on any atom is 0.408 e. The Hall–Kier alpha value is -3.35. The van der Waals surface area contributed by atoms with Crippen molar-refractivity contribution in [3.63, 3.8) is 0 Å². The molecule has 3 atom stereocenters. The summed E-state index contributed by atoms with van der Waals surface area (Å²) in [5.74, 6) is -0.284. The summed E-state index contributed by atoms with van der Waals surface area (Å²) < 4.78 is 10.7. The summed E-state index contributed by atoms with van der Waals surface area (Å²) in [4.78, 5) is 37.8. The second-order valence-corrected chi connectivity index (χ2v) is 8.83. The number of ether oxygens (including phenoxy) is 2. The molecule has 2 aromatic rings. The Kier molecular flexibility index (Phi) is 9.45. The van der Waals surface area contributed by atoms with Crippen LogP contribution >= 0.6 is 0 Å². The summed E-state index contributed by atoms with van der Waals surface area (Å²) in [6.45, 7) is 7.30. The third kappa shape index (κ3) is 7.93. The van der Waals surface area contributed by atoms with E-state index in [4.69, 9.17) is 9.47 Å². The lowest BCUT2D eigenvalue weighted by Gasteiger charge is -2.30. The first kappa shape index (κ1) is 25.9. The molecule has 2 amide bonds. The molecule has 0 fully saturated rings. The van der Waals surface area contributed by atoms with E-state index in [0.717, 1.165) is 5.56 Å². The molecule has 0 aliphatic rings. The number of nitrogens with one attached hydrogen (secondary N) is 2. The van der Waals surface area contributed by atoms with E-state index in [-0.39, 0.29) is 5.91 Å². The van der Waals surface area contributed by atoms with Crippen LogP contribution in [-0.2, 0) is 14.3 Å². The molecule has 0 saturated heterocycles. The van der Waals surface area contributed by atoms with E-state index in [1.807, 2.05) is 37.3 Å². The molecule has 0 heterocycles. The fourth-order valence-corrected chi connectivity index (χ4v) is 3.54. The third-order valence-electron chi connectivity index (χ3n) is 5.08. The molecular formula is C26H34N2O5. The van der Waals surface area contributed by atoms with Gasteiger partial charge in [-0.1, -0.05) is 55.8 Å². The van der Waals surface area contributed by atoms with Crippen molar-refractivity contribution in [1.82, 2.24) is 10.6 Å². The van der Waals surface area contributed by atoms with Gasteiger partial charge in [-0.3, -0.25) is 4.79 Å². The monoisotopic (exact) mass is 454 g/mol.